The number of nitrogens with one attached hydrogen (secondary N) is 1. The summed E-state index contributed by atoms with van der Waals surface area (Å²) >= 11 is 5.38. The maximum absolute atomic E-state index is 9.42. The van der Waals surface area contributed by atoms with E-state index in [0.717, 1.165) is 32.2 Å². The first-order valence-corrected chi connectivity index (χ1v) is 7.42. The molecule has 1 fully saturated rings. The third-order valence-corrected chi connectivity index (χ3v) is 5.31. The highest BCUT2D eigenvalue weighted by Gasteiger charge is 2.18. The second-order valence-corrected chi connectivity index (χ2v) is 6.70. The summed E-state index contributed by atoms with van der Waals surface area (Å²) in [6.07, 6.45) is 4.05. The van der Waals surface area contributed by atoms with Crippen LogP contribution in [0.3, 0.4) is 0 Å². The molecule has 16 heavy (non-hydrogen) atoms. The highest BCUT2D eigenvalue weighted by Crippen LogP contribution is 2.26. The predicted molar refractivity (Wildman–Crippen MR) is 71.9 cm³/mol. The number of hydrogen-bond donors (Lipinski definition) is 2. The van der Waals surface area contributed by atoms with Gasteiger partial charge in [0.05, 0.1) is 6.10 Å². The Hall–Kier alpha value is 0.100. The summed E-state index contributed by atoms with van der Waals surface area (Å²) in [5.74, 6) is 0. The van der Waals surface area contributed by atoms with Crippen LogP contribution in [0, 0.1) is 6.92 Å². The molecule has 0 spiro atoms. The topological polar surface area (TPSA) is 32.3 Å². The zero-order valence-corrected chi connectivity index (χ0v) is 11.9. The van der Waals surface area contributed by atoms with Crippen LogP contribution in [0.4, 0.5) is 0 Å². The maximum Gasteiger partial charge on any atom is 0.0541 e. The van der Waals surface area contributed by atoms with Crippen molar-refractivity contribution in [3.8, 4) is 0 Å². The van der Waals surface area contributed by atoms with Gasteiger partial charge in [-0.15, -0.1) is 11.3 Å². The zero-order valence-electron chi connectivity index (χ0n) is 9.50. The molecule has 0 amide bonds. The highest BCUT2D eigenvalue weighted by atomic mass is 79.9. The average molecular weight is 304 g/mol. The Bertz CT molecular complexity index is 325. The van der Waals surface area contributed by atoms with E-state index < -0.39 is 0 Å². The molecular formula is C12H18BrNOS. The molecule has 0 radical (unpaired) electrons. The normalized spacial score (nSPS) is 25.9. The van der Waals surface area contributed by atoms with Crippen molar-refractivity contribution in [2.75, 3.05) is 0 Å². The number of hydrogen-bond acceptors (Lipinski definition) is 3. The van der Waals surface area contributed by atoms with E-state index in [2.05, 4.69) is 34.2 Å². The molecule has 0 atom stereocenters. The fourth-order valence-corrected chi connectivity index (χ4v) is 3.68. The largest absolute Gasteiger partial charge is 0.393 e. The van der Waals surface area contributed by atoms with Gasteiger partial charge in [0.1, 0.15) is 0 Å². The van der Waals surface area contributed by atoms with Crippen LogP contribution in [0.2, 0.25) is 0 Å². The van der Waals surface area contributed by atoms with Crippen molar-refractivity contribution in [1.29, 1.82) is 0 Å². The minimum absolute atomic E-state index is 0.0591. The van der Waals surface area contributed by atoms with Gasteiger partial charge in [-0.3, -0.25) is 0 Å². The van der Waals surface area contributed by atoms with Crippen LogP contribution in [0.5, 0.6) is 0 Å². The molecule has 1 aromatic heterocycles. The molecule has 1 heterocycles. The van der Waals surface area contributed by atoms with Crippen LogP contribution in [-0.4, -0.2) is 17.3 Å². The minimum Gasteiger partial charge on any atom is -0.393 e. The molecule has 90 valence electrons. The second kappa shape index (κ2) is 5.63. The van der Waals surface area contributed by atoms with E-state index in [4.69, 9.17) is 0 Å². The molecule has 1 aliphatic rings. The van der Waals surface area contributed by atoms with Gasteiger partial charge < -0.3 is 10.4 Å². The number of thiophene rings is 1. The highest BCUT2D eigenvalue weighted by molar-refractivity contribution is 9.10. The fourth-order valence-electron chi connectivity index (χ4n) is 2.13. The molecule has 4 heteroatoms. The summed E-state index contributed by atoms with van der Waals surface area (Å²) in [5, 5.41) is 13.0. The van der Waals surface area contributed by atoms with Gasteiger partial charge in [0.25, 0.3) is 0 Å². The number of rotatable bonds is 3. The Morgan fingerprint density at radius 3 is 2.69 bits per heavy atom. The monoisotopic (exact) mass is 303 g/mol. The van der Waals surface area contributed by atoms with Gasteiger partial charge in [0.2, 0.25) is 0 Å². The third kappa shape index (κ3) is 3.29. The molecule has 2 N–H and O–H groups in total. The molecule has 2 nitrogen and oxygen atoms in total. The maximum atomic E-state index is 9.42. The van der Waals surface area contributed by atoms with Gasteiger partial charge in [-0.1, -0.05) is 0 Å². The van der Waals surface area contributed by atoms with Gasteiger partial charge in [0.15, 0.2) is 0 Å². The first-order chi connectivity index (χ1) is 7.65. The van der Waals surface area contributed by atoms with Gasteiger partial charge in [-0.05, 0) is 54.6 Å². The lowest BCUT2D eigenvalue weighted by Crippen LogP contribution is -2.33. The molecule has 0 bridgehead atoms. The van der Waals surface area contributed by atoms with E-state index >= 15 is 0 Å². The van der Waals surface area contributed by atoms with Crippen LogP contribution in [0.25, 0.3) is 0 Å². The zero-order chi connectivity index (χ0) is 11.5. The Morgan fingerprint density at radius 2 is 2.12 bits per heavy atom. The van der Waals surface area contributed by atoms with E-state index in [-0.39, 0.29) is 6.10 Å². The first kappa shape index (κ1) is 12.6. The molecule has 1 aliphatic carbocycles. The van der Waals surface area contributed by atoms with Crippen molar-refractivity contribution in [3.63, 3.8) is 0 Å². The average Bonchev–Trinajstić information content (AvgIpc) is 2.58. The lowest BCUT2D eigenvalue weighted by Gasteiger charge is -2.26. The molecule has 0 aliphatic heterocycles. The number of aryl methyl sites for hydroxylation is 1. The first-order valence-electron chi connectivity index (χ1n) is 5.81. The lowest BCUT2D eigenvalue weighted by atomic mass is 9.93. The summed E-state index contributed by atoms with van der Waals surface area (Å²) in [4.78, 5) is 2.73. The molecule has 0 unspecified atom stereocenters. The number of aliphatic hydroxyl groups excluding tert-OH is 1. The van der Waals surface area contributed by atoms with Crippen LogP contribution in [-0.2, 0) is 6.54 Å². The summed E-state index contributed by atoms with van der Waals surface area (Å²) in [7, 11) is 0. The van der Waals surface area contributed by atoms with Crippen LogP contribution < -0.4 is 5.32 Å². The summed E-state index contributed by atoms with van der Waals surface area (Å²) < 4.78 is 1.22. The Balaban J connectivity index is 1.79. The third-order valence-electron chi connectivity index (χ3n) is 3.17. The van der Waals surface area contributed by atoms with Crippen LogP contribution in [0.1, 0.15) is 35.4 Å². The molecule has 1 saturated carbocycles. The number of aliphatic hydroxyl groups is 1. The van der Waals surface area contributed by atoms with Gasteiger partial charge in [0, 0.05) is 26.8 Å². The van der Waals surface area contributed by atoms with Crippen molar-refractivity contribution in [2.24, 2.45) is 0 Å². The van der Waals surface area contributed by atoms with E-state index in [0.29, 0.717) is 6.04 Å². The van der Waals surface area contributed by atoms with Gasteiger partial charge in [-0.25, -0.2) is 0 Å². The summed E-state index contributed by atoms with van der Waals surface area (Å²) in [5.41, 5.74) is 0. The molecule has 2 rings (SSSR count). The molecule has 1 aromatic rings. The van der Waals surface area contributed by atoms with Gasteiger partial charge >= 0.3 is 0 Å². The Kier molecular flexibility index (Phi) is 4.41. The Morgan fingerprint density at radius 1 is 1.44 bits per heavy atom. The fraction of sp³-hybridized carbons (Fsp3) is 0.667. The quantitative estimate of drug-likeness (QED) is 0.899. The van der Waals surface area contributed by atoms with Crippen LogP contribution >= 0.6 is 27.3 Å². The van der Waals surface area contributed by atoms with E-state index in [1.807, 2.05) is 11.3 Å². The predicted octanol–water partition coefficient (Wildman–Crippen LogP) is 3.21. The van der Waals surface area contributed by atoms with Crippen LogP contribution in [0.15, 0.2) is 10.5 Å². The molecule has 0 aromatic carbocycles. The Labute approximate surface area is 109 Å². The summed E-state index contributed by atoms with van der Waals surface area (Å²) in [6, 6.07) is 2.79. The van der Waals surface area contributed by atoms with Crippen molar-refractivity contribution in [1.82, 2.24) is 5.32 Å². The van der Waals surface area contributed by atoms with Crippen molar-refractivity contribution in [3.05, 3.63) is 20.3 Å². The van der Waals surface area contributed by atoms with Gasteiger partial charge in [-0.2, -0.15) is 0 Å². The van der Waals surface area contributed by atoms with Crippen molar-refractivity contribution >= 4 is 27.3 Å². The second-order valence-electron chi connectivity index (χ2n) is 4.50. The van der Waals surface area contributed by atoms with E-state index in [9.17, 15) is 5.11 Å². The summed E-state index contributed by atoms with van der Waals surface area (Å²) in [6.45, 7) is 3.09. The van der Waals surface area contributed by atoms with E-state index in [1.165, 1.54) is 14.2 Å². The number of halogens is 1. The van der Waals surface area contributed by atoms with E-state index in [1.54, 1.807) is 0 Å². The molecule has 0 saturated heterocycles. The standard InChI is InChI=1S/C12H18BrNOS/c1-8-12(13)6-11(16-8)7-14-9-2-4-10(15)5-3-9/h6,9-10,14-15H,2-5,7H2,1H3. The van der Waals surface area contributed by atoms with Crippen molar-refractivity contribution in [2.45, 2.75) is 51.3 Å². The minimum atomic E-state index is -0.0591. The van der Waals surface area contributed by atoms with Crippen molar-refractivity contribution < 1.29 is 5.11 Å². The SMILES string of the molecule is Cc1sc(CNC2CCC(O)CC2)cc1Br. The smallest absolute Gasteiger partial charge is 0.0541 e. The molecular weight excluding hydrogens is 286 g/mol. The lowest BCUT2D eigenvalue weighted by molar-refractivity contribution is 0.116.